The molecule has 0 bridgehead atoms. The molecular formula is C23H23ClN2O3. The van der Waals surface area contributed by atoms with E-state index in [4.69, 9.17) is 20.8 Å². The number of furan rings is 1. The number of morpholine rings is 1. The predicted molar refractivity (Wildman–Crippen MR) is 116 cm³/mol. The van der Waals surface area contributed by atoms with Crippen molar-refractivity contribution in [1.29, 1.82) is 0 Å². The molecule has 1 aliphatic rings. The quantitative estimate of drug-likeness (QED) is 0.633. The highest BCUT2D eigenvalue weighted by atomic mass is 35.5. The van der Waals surface area contributed by atoms with Gasteiger partial charge in [0.05, 0.1) is 23.9 Å². The average molecular weight is 411 g/mol. The highest BCUT2D eigenvalue weighted by Gasteiger charge is 2.16. The number of hydrogen-bond acceptors (Lipinski definition) is 4. The second-order valence-corrected chi connectivity index (χ2v) is 7.59. The third-order valence-electron chi connectivity index (χ3n) is 5.18. The molecule has 150 valence electrons. The second-order valence-electron chi connectivity index (χ2n) is 7.18. The summed E-state index contributed by atoms with van der Waals surface area (Å²) in [5.74, 6) is 0.612. The molecule has 29 heavy (non-hydrogen) atoms. The van der Waals surface area contributed by atoms with Crippen LogP contribution in [0.15, 0.2) is 52.9 Å². The molecule has 2 aromatic carbocycles. The number of amides is 1. The summed E-state index contributed by atoms with van der Waals surface area (Å²) >= 11 is 6.45. The van der Waals surface area contributed by atoms with Crippen molar-refractivity contribution in [2.45, 2.75) is 13.8 Å². The van der Waals surface area contributed by atoms with Crippen LogP contribution in [0.2, 0.25) is 5.02 Å². The first-order valence-corrected chi connectivity index (χ1v) is 10.00. The van der Waals surface area contributed by atoms with Crippen molar-refractivity contribution in [1.82, 2.24) is 0 Å². The number of carbonyl (C=O) groups is 1. The molecule has 3 aromatic rings. The van der Waals surface area contributed by atoms with Crippen LogP contribution in [-0.2, 0) is 4.74 Å². The minimum Gasteiger partial charge on any atom is -0.451 e. The molecule has 0 spiro atoms. The number of halogens is 1. The Morgan fingerprint density at radius 3 is 2.52 bits per heavy atom. The summed E-state index contributed by atoms with van der Waals surface area (Å²) in [4.78, 5) is 14.8. The number of ether oxygens (including phenoxy) is 1. The molecule has 1 amide bonds. The van der Waals surface area contributed by atoms with Crippen LogP contribution in [0.25, 0.3) is 11.3 Å². The van der Waals surface area contributed by atoms with Gasteiger partial charge < -0.3 is 19.4 Å². The van der Waals surface area contributed by atoms with Crippen LogP contribution in [-0.4, -0.2) is 32.2 Å². The molecule has 1 aromatic heterocycles. The van der Waals surface area contributed by atoms with Crippen LogP contribution >= 0.6 is 11.6 Å². The molecule has 0 atom stereocenters. The predicted octanol–water partition coefficient (Wildman–Crippen LogP) is 5.31. The molecule has 0 radical (unpaired) electrons. The van der Waals surface area contributed by atoms with Gasteiger partial charge >= 0.3 is 0 Å². The number of nitrogens with zero attached hydrogens (tertiary/aromatic N) is 1. The van der Waals surface area contributed by atoms with Gasteiger partial charge in [0, 0.05) is 24.3 Å². The summed E-state index contributed by atoms with van der Waals surface area (Å²) in [5, 5.41) is 3.45. The maximum absolute atomic E-state index is 12.6. The van der Waals surface area contributed by atoms with E-state index in [2.05, 4.69) is 30.1 Å². The summed E-state index contributed by atoms with van der Waals surface area (Å²) in [5.41, 5.74) is 4.92. The molecule has 1 saturated heterocycles. The molecule has 2 heterocycles. The molecule has 0 saturated carbocycles. The Morgan fingerprint density at radius 2 is 1.79 bits per heavy atom. The number of aryl methyl sites for hydroxylation is 2. The first-order chi connectivity index (χ1) is 14.0. The first-order valence-electron chi connectivity index (χ1n) is 9.62. The van der Waals surface area contributed by atoms with E-state index >= 15 is 0 Å². The molecule has 1 aliphatic heterocycles. The average Bonchev–Trinajstić information content (AvgIpc) is 3.21. The lowest BCUT2D eigenvalue weighted by molar-refractivity contribution is 0.0997. The van der Waals surface area contributed by atoms with E-state index in [1.54, 1.807) is 12.1 Å². The van der Waals surface area contributed by atoms with Crippen LogP contribution < -0.4 is 10.2 Å². The maximum atomic E-state index is 12.6. The van der Waals surface area contributed by atoms with E-state index in [1.165, 1.54) is 11.1 Å². The maximum Gasteiger partial charge on any atom is 0.291 e. The van der Waals surface area contributed by atoms with Gasteiger partial charge in [-0.3, -0.25) is 4.79 Å². The zero-order chi connectivity index (χ0) is 20.4. The third kappa shape index (κ3) is 4.31. The van der Waals surface area contributed by atoms with Gasteiger partial charge in [0.25, 0.3) is 5.91 Å². The third-order valence-corrected chi connectivity index (χ3v) is 5.48. The topological polar surface area (TPSA) is 54.7 Å². The fourth-order valence-corrected chi connectivity index (χ4v) is 3.65. The summed E-state index contributed by atoms with van der Waals surface area (Å²) in [6.07, 6.45) is 0. The van der Waals surface area contributed by atoms with Gasteiger partial charge in [-0.1, -0.05) is 23.7 Å². The molecule has 1 N–H and O–H groups in total. The lowest BCUT2D eigenvalue weighted by atomic mass is 10.1. The van der Waals surface area contributed by atoms with Crippen molar-refractivity contribution in [3.05, 3.63) is 70.4 Å². The van der Waals surface area contributed by atoms with Crippen LogP contribution in [0, 0.1) is 13.8 Å². The lowest BCUT2D eigenvalue weighted by Gasteiger charge is -2.29. The number of carbonyl (C=O) groups excluding carboxylic acids is 1. The van der Waals surface area contributed by atoms with Gasteiger partial charge in [0.2, 0.25) is 0 Å². The van der Waals surface area contributed by atoms with Crippen LogP contribution in [0.5, 0.6) is 0 Å². The van der Waals surface area contributed by atoms with E-state index in [0.29, 0.717) is 29.7 Å². The monoisotopic (exact) mass is 410 g/mol. The minimum absolute atomic E-state index is 0.256. The van der Waals surface area contributed by atoms with E-state index < -0.39 is 0 Å². The van der Waals surface area contributed by atoms with Crippen molar-refractivity contribution in [3.63, 3.8) is 0 Å². The molecule has 5 nitrogen and oxygen atoms in total. The van der Waals surface area contributed by atoms with Gasteiger partial charge in [-0.25, -0.2) is 0 Å². The molecule has 4 rings (SSSR count). The normalized spacial score (nSPS) is 14.1. The fraction of sp³-hybridized carbons (Fsp3) is 0.261. The minimum atomic E-state index is -0.310. The summed E-state index contributed by atoms with van der Waals surface area (Å²) < 4.78 is 11.2. The van der Waals surface area contributed by atoms with E-state index in [9.17, 15) is 4.79 Å². The van der Waals surface area contributed by atoms with Gasteiger partial charge in [-0.2, -0.15) is 0 Å². The highest BCUT2D eigenvalue weighted by molar-refractivity contribution is 6.33. The van der Waals surface area contributed by atoms with Crippen molar-refractivity contribution in [2.24, 2.45) is 0 Å². The van der Waals surface area contributed by atoms with Crippen LogP contribution in [0.3, 0.4) is 0 Å². The van der Waals surface area contributed by atoms with Crippen LogP contribution in [0.4, 0.5) is 11.4 Å². The Kier molecular flexibility index (Phi) is 5.60. The standard InChI is InChI=1S/C23H23ClN2O3/c1-15-3-4-17(13-16(15)2)21-7-8-22(29-21)23(27)25-18-5-6-20(19(24)14-18)26-9-11-28-12-10-26/h3-8,13-14H,9-12H2,1-2H3,(H,25,27). The zero-order valence-electron chi connectivity index (χ0n) is 16.5. The van der Waals surface area contributed by atoms with Crippen LogP contribution in [0.1, 0.15) is 21.7 Å². The molecule has 1 fully saturated rings. The molecule has 6 heteroatoms. The molecular weight excluding hydrogens is 388 g/mol. The first kappa shape index (κ1) is 19.6. The van der Waals surface area contributed by atoms with E-state index in [1.807, 2.05) is 30.3 Å². The smallest absolute Gasteiger partial charge is 0.291 e. The number of hydrogen-bond donors (Lipinski definition) is 1. The van der Waals surface area contributed by atoms with Crippen molar-refractivity contribution in [3.8, 4) is 11.3 Å². The largest absolute Gasteiger partial charge is 0.451 e. The van der Waals surface area contributed by atoms with Crippen molar-refractivity contribution < 1.29 is 13.9 Å². The summed E-state index contributed by atoms with van der Waals surface area (Å²) in [6, 6.07) is 15.1. The Labute approximate surface area is 175 Å². The zero-order valence-corrected chi connectivity index (χ0v) is 17.3. The van der Waals surface area contributed by atoms with Gasteiger partial charge in [-0.05, 0) is 61.4 Å². The Bertz CT molecular complexity index is 1040. The summed E-state index contributed by atoms with van der Waals surface area (Å²) in [6.45, 7) is 7.11. The number of anilines is 2. The second kappa shape index (κ2) is 8.31. The van der Waals surface area contributed by atoms with E-state index in [0.717, 1.165) is 24.3 Å². The number of benzene rings is 2. The highest BCUT2D eigenvalue weighted by Crippen LogP contribution is 2.30. The molecule has 0 aliphatic carbocycles. The Morgan fingerprint density at radius 1 is 1.00 bits per heavy atom. The molecule has 0 unspecified atom stereocenters. The van der Waals surface area contributed by atoms with Gasteiger partial charge in [0.1, 0.15) is 5.76 Å². The summed E-state index contributed by atoms with van der Waals surface area (Å²) in [7, 11) is 0. The van der Waals surface area contributed by atoms with Crippen molar-refractivity contribution in [2.75, 3.05) is 36.5 Å². The fourth-order valence-electron chi connectivity index (χ4n) is 3.35. The Balaban J connectivity index is 1.47. The SMILES string of the molecule is Cc1ccc(-c2ccc(C(=O)Nc3ccc(N4CCOCC4)c(Cl)c3)o2)cc1C. The Hall–Kier alpha value is -2.76. The van der Waals surface area contributed by atoms with E-state index in [-0.39, 0.29) is 11.7 Å². The number of rotatable bonds is 4. The van der Waals surface area contributed by atoms with Gasteiger partial charge in [0.15, 0.2) is 5.76 Å². The lowest BCUT2D eigenvalue weighted by Crippen LogP contribution is -2.36. The van der Waals surface area contributed by atoms with Gasteiger partial charge in [-0.15, -0.1) is 0 Å². The number of nitrogens with one attached hydrogen (secondary N) is 1. The van der Waals surface area contributed by atoms with Crippen molar-refractivity contribution >= 4 is 28.9 Å².